The van der Waals surface area contributed by atoms with Crippen LogP contribution in [0.1, 0.15) is 12.2 Å². The number of hydrogen-bond donors (Lipinski definition) is 1. The average Bonchev–Trinajstić information content (AvgIpc) is 3.05. The van der Waals surface area contributed by atoms with Crippen molar-refractivity contribution < 1.29 is 17.7 Å². The molecule has 0 spiro atoms. The Kier molecular flexibility index (Phi) is 6.15. The van der Waals surface area contributed by atoms with Crippen molar-refractivity contribution in [3.05, 3.63) is 41.1 Å². The quantitative estimate of drug-likeness (QED) is 0.779. The summed E-state index contributed by atoms with van der Waals surface area (Å²) >= 11 is 5.82. The number of benzene rings is 1. The maximum atomic E-state index is 12.7. The first kappa shape index (κ1) is 19.8. The van der Waals surface area contributed by atoms with Crippen LogP contribution in [0.15, 0.2) is 39.8 Å². The van der Waals surface area contributed by atoms with Gasteiger partial charge in [0.05, 0.1) is 4.90 Å². The fourth-order valence-corrected chi connectivity index (χ4v) is 4.39. The van der Waals surface area contributed by atoms with Gasteiger partial charge in [-0.1, -0.05) is 16.8 Å². The van der Waals surface area contributed by atoms with Crippen LogP contribution in [0, 0.1) is 6.92 Å². The van der Waals surface area contributed by atoms with E-state index in [1.807, 2.05) is 0 Å². The highest BCUT2D eigenvalue weighted by Crippen LogP contribution is 2.20. The van der Waals surface area contributed by atoms with Crippen LogP contribution < -0.4 is 5.32 Å². The van der Waals surface area contributed by atoms with Crippen LogP contribution in [0.2, 0.25) is 5.02 Å². The molecule has 0 radical (unpaired) electrons. The molecular weight excluding hydrogens is 392 g/mol. The zero-order valence-corrected chi connectivity index (χ0v) is 16.5. The highest BCUT2D eigenvalue weighted by atomic mass is 35.5. The van der Waals surface area contributed by atoms with Gasteiger partial charge in [0.15, 0.2) is 5.82 Å². The molecule has 3 rings (SSSR count). The number of halogens is 1. The van der Waals surface area contributed by atoms with Gasteiger partial charge in [-0.15, -0.1) is 0 Å². The molecule has 1 fully saturated rings. The van der Waals surface area contributed by atoms with Crippen LogP contribution in [0.4, 0.5) is 5.82 Å². The van der Waals surface area contributed by atoms with Gasteiger partial charge in [-0.25, -0.2) is 8.42 Å². The number of piperazine rings is 1. The monoisotopic (exact) mass is 412 g/mol. The molecule has 1 aliphatic heterocycles. The van der Waals surface area contributed by atoms with E-state index in [9.17, 15) is 13.2 Å². The Morgan fingerprint density at radius 3 is 2.48 bits per heavy atom. The SMILES string of the molecule is Cc1cc(NC(=O)CCN2CCN(S(=O)(=O)c3ccc(Cl)cc3)CC2)no1. The molecule has 8 nitrogen and oxygen atoms in total. The van der Waals surface area contributed by atoms with E-state index >= 15 is 0 Å². The molecule has 0 unspecified atom stereocenters. The number of carbonyl (C=O) groups is 1. The highest BCUT2D eigenvalue weighted by molar-refractivity contribution is 7.89. The lowest BCUT2D eigenvalue weighted by Gasteiger charge is -2.33. The summed E-state index contributed by atoms with van der Waals surface area (Å²) in [4.78, 5) is 14.3. The van der Waals surface area contributed by atoms with Gasteiger partial charge in [-0.3, -0.25) is 4.79 Å². The minimum atomic E-state index is -3.52. The van der Waals surface area contributed by atoms with E-state index in [1.165, 1.54) is 16.4 Å². The number of aromatic nitrogens is 1. The van der Waals surface area contributed by atoms with E-state index in [2.05, 4.69) is 15.4 Å². The van der Waals surface area contributed by atoms with Crippen LogP contribution in [0.3, 0.4) is 0 Å². The van der Waals surface area contributed by atoms with E-state index in [-0.39, 0.29) is 10.8 Å². The number of carbonyl (C=O) groups excluding carboxylic acids is 1. The highest BCUT2D eigenvalue weighted by Gasteiger charge is 2.28. The molecular formula is C17H21ClN4O4S. The summed E-state index contributed by atoms with van der Waals surface area (Å²) in [5, 5.41) is 6.89. The first-order valence-corrected chi connectivity index (χ1v) is 10.4. The van der Waals surface area contributed by atoms with E-state index in [4.69, 9.17) is 16.1 Å². The lowest BCUT2D eigenvalue weighted by Crippen LogP contribution is -2.49. The fourth-order valence-electron chi connectivity index (χ4n) is 2.84. The minimum absolute atomic E-state index is 0.153. The van der Waals surface area contributed by atoms with Crippen molar-refractivity contribution in [2.24, 2.45) is 0 Å². The largest absolute Gasteiger partial charge is 0.360 e. The van der Waals surface area contributed by atoms with Crippen molar-refractivity contribution in [2.75, 3.05) is 38.0 Å². The van der Waals surface area contributed by atoms with Crippen molar-refractivity contribution in [3.8, 4) is 0 Å². The topological polar surface area (TPSA) is 95.8 Å². The molecule has 0 atom stereocenters. The number of sulfonamides is 1. The fraction of sp³-hybridized carbons (Fsp3) is 0.412. The maximum absolute atomic E-state index is 12.7. The molecule has 2 aromatic rings. The third-order valence-corrected chi connectivity index (χ3v) is 6.50. The molecule has 1 aliphatic rings. The molecule has 10 heteroatoms. The average molecular weight is 413 g/mol. The standard InChI is InChI=1S/C17H21ClN4O4S/c1-13-12-16(20-26-13)19-17(23)6-7-21-8-10-22(11-9-21)27(24,25)15-4-2-14(18)3-5-15/h2-5,12H,6-11H2,1H3,(H,19,20,23). The summed E-state index contributed by atoms with van der Waals surface area (Å²) in [6.07, 6.45) is 0.301. The van der Waals surface area contributed by atoms with Crippen LogP contribution in [-0.2, 0) is 14.8 Å². The third-order valence-electron chi connectivity index (χ3n) is 4.33. The zero-order chi connectivity index (χ0) is 19.4. The number of aryl methyl sites for hydroxylation is 1. The van der Waals surface area contributed by atoms with Gasteiger partial charge in [0.1, 0.15) is 5.76 Å². The van der Waals surface area contributed by atoms with Gasteiger partial charge in [-0.2, -0.15) is 4.31 Å². The molecule has 1 aromatic heterocycles. The van der Waals surface area contributed by atoms with Gasteiger partial charge in [0, 0.05) is 50.2 Å². The number of nitrogens with zero attached hydrogens (tertiary/aromatic N) is 3. The number of nitrogens with one attached hydrogen (secondary N) is 1. The lowest BCUT2D eigenvalue weighted by atomic mass is 10.3. The van der Waals surface area contributed by atoms with Gasteiger partial charge < -0.3 is 14.7 Å². The summed E-state index contributed by atoms with van der Waals surface area (Å²) in [7, 11) is -3.52. The first-order valence-electron chi connectivity index (χ1n) is 8.56. The maximum Gasteiger partial charge on any atom is 0.243 e. The second-order valence-electron chi connectivity index (χ2n) is 6.32. The summed E-state index contributed by atoms with van der Waals surface area (Å²) in [5.41, 5.74) is 0. The Morgan fingerprint density at radius 2 is 1.89 bits per heavy atom. The first-order chi connectivity index (χ1) is 12.8. The Hall–Kier alpha value is -1.94. The van der Waals surface area contributed by atoms with Gasteiger partial charge >= 0.3 is 0 Å². The molecule has 146 valence electrons. The Bertz CT molecular complexity index is 890. The Morgan fingerprint density at radius 1 is 1.22 bits per heavy atom. The van der Waals surface area contributed by atoms with Crippen LogP contribution >= 0.6 is 11.6 Å². The molecule has 1 N–H and O–H groups in total. The van der Waals surface area contributed by atoms with Crippen molar-refractivity contribution >= 4 is 33.3 Å². The van der Waals surface area contributed by atoms with Crippen LogP contribution in [0.25, 0.3) is 0 Å². The summed E-state index contributed by atoms with van der Waals surface area (Å²) < 4.78 is 31.7. The van der Waals surface area contributed by atoms with Crippen molar-refractivity contribution in [2.45, 2.75) is 18.2 Å². The summed E-state index contributed by atoms with van der Waals surface area (Å²) in [5.74, 6) is 0.874. The minimum Gasteiger partial charge on any atom is -0.360 e. The molecule has 0 bridgehead atoms. The second-order valence-corrected chi connectivity index (χ2v) is 8.69. The molecule has 1 saturated heterocycles. The molecule has 0 saturated carbocycles. The predicted molar refractivity (Wildman–Crippen MR) is 101 cm³/mol. The molecule has 1 aromatic carbocycles. The molecule has 0 aliphatic carbocycles. The van der Waals surface area contributed by atoms with Crippen LogP contribution in [0.5, 0.6) is 0 Å². The predicted octanol–water partition coefficient (Wildman–Crippen LogP) is 1.97. The molecule has 2 heterocycles. The molecule has 27 heavy (non-hydrogen) atoms. The Balaban J connectivity index is 1.47. The van der Waals surface area contributed by atoms with E-state index in [1.54, 1.807) is 25.1 Å². The van der Waals surface area contributed by atoms with E-state index in [0.29, 0.717) is 55.7 Å². The Labute approximate surface area is 163 Å². The molecule has 1 amide bonds. The van der Waals surface area contributed by atoms with E-state index < -0.39 is 10.0 Å². The zero-order valence-electron chi connectivity index (χ0n) is 14.9. The van der Waals surface area contributed by atoms with Gasteiger partial charge in [-0.05, 0) is 31.2 Å². The van der Waals surface area contributed by atoms with Gasteiger partial charge in [0.2, 0.25) is 15.9 Å². The number of amides is 1. The van der Waals surface area contributed by atoms with Gasteiger partial charge in [0.25, 0.3) is 0 Å². The normalized spacial score (nSPS) is 16.4. The van der Waals surface area contributed by atoms with Crippen molar-refractivity contribution in [1.29, 1.82) is 0 Å². The number of hydrogen-bond acceptors (Lipinski definition) is 6. The second kappa shape index (κ2) is 8.39. The summed E-state index contributed by atoms with van der Waals surface area (Å²) in [6.45, 7) is 4.22. The number of anilines is 1. The van der Waals surface area contributed by atoms with E-state index in [0.717, 1.165) is 0 Å². The summed E-state index contributed by atoms with van der Waals surface area (Å²) in [6, 6.07) is 7.82. The van der Waals surface area contributed by atoms with Crippen molar-refractivity contribution in [1.82, 2.24) is 14.4 Å². The number of rotatable bonds is 6. The van der Waals surface area contributed by atoms with Crippen LogP contribution in [-0.4, -0.2) is 61.4 Å². The third kappa shape index (κ3) is 5.07. The lowest BCUT2D eigenvalue weighted by molar-refractivity contribution is -0.116. The smallest absolute Gasteiger partial charge is 0.243 e. The van der Waals surface area contributed by atoms with Crippen molar-refractivity contribution in [3.63, 3.8) is 0 Å².